The number of likely N-dealkylation sites (tertiary alicyclic amines) is 1. The predicted molar refractivity (Wildman–Crippen MR) is 173 cm³/mol. The van der Waals surface area contributed by atoms with Crippen LogP contribution in [0.2, 0.25) is 0 Å². The van der Waals surface area contributed by atoms with Crippen molar-refractivity contribution >= 4 is 23.4 Å². The molecule has 4 aliphatic rings. The first-order chi connectivity index (χ1) is 21.8. The SMILES string of the molecule is CC[C@]12C=CCN(Cc3ccccc3)C(=O)[C@H]1[C@H]1C(=O)N(CCCCCCO)C3C(=O)N(c4c(C)cccc4C)CC=C[C@@]31O2. The Morgan fingerprint density at radius 3 is 2.24 bits per heavy atom. The van der Waals surface area contributed by atoms with E-state index in [2.05, 4.69) is 0 Å². The molecule has 45 heavy (non-hydrogen) atoms. The van der Waals surface area contributed by atoms with Crippen LogP contribution in [-0.2, 0) is 25.7 Å². The highest BCUT2D eigenvalue weighted by Crippen LogP contribution is 2.58. The van der Waals surface area contributed by atoms with Gasteiger partial charge in [-0.1, -0.05) is 92.6 Å². The summed E-state index contributed by atoms with van der Waals surface area (Å²) in [6, 6.07) is 15.0. The summed E-state index contributed by atoms with van der Waals surface area (Å²) in [4.78, 5) is 49.6. The number of hydrogen-bond donors (Lipinski definition) is 1. The Bertz CT molecular complexity index is 1480. The Hall–Kier alpha value is -3.75. The molecular weight excluding hydrogens is 566 g/mol. The van der Waals surface area contributed by atoms with Crippen molar-refractivity contribution in [1.82, 2.24) is 9.80 Å². The molecule has 6 rings (SSSR count). The van der Waals surface area contributed by atoms with Crippen molar-refractivity contribution in [2.75, 3.05) is 31.1 Å². The molecule has 0 aliphatic carbocycles. The van der Waals surface area contributed by atoms with Gasteiger partial charge in [0.05, 0.1) is 17.4 Å². The van der Waals surface area contributed by atoms with Crippen LogP contribution in [0.25, 0.3) is 0 Å². The zero-order valence-corrected chi connectivity index (χ0v) is 26.7. The number of benzene rings is 2. The van der Waals surface area contributed by atoms with Gasteiger partial charge in [-0.25, -0.2) is 0 Å². The van der Waals surface area contributed by atoms with Gasteiger partial charge in [-0.05, 0) is 49.8 Å². The summed E-state index contributed by atoms with van der Waals surface area (Å²) in [6.45, 7) is 7.74. The summed E-state index contributed by atoms with van der Waals surface area (Å²) in [5.74, 6) is -2.06. The first kappa shape index (κ1) is 31.2. The second-order valence-corrected chi connectivity index (χ2v) is 13.0. The highest BCUT2D eigenvalue weighted by Gasteiger charge is 2.75. The van der Waals surface area contributed by atoms with Crippen molar-refractivity contribution in [1.29, 1.82) is 0 Å². The van der Waals surface area contributed by atoms with Gasteiger partial charge in [0.25, 0.3) is 5.91 Å². The number of rotatable bonds is 10. The molecule has 1 N–H and O–H groups in total. The summed E-state index contributed by atoms with van der Waals surface area (Å²) >= 11 is 0. The number of unbranched alkanes of at least 4 members (excludes halogenated alkanes) is 3. The van der Waals surface area contributed by atoms with E-state index >= 15 is 0 Å². The number of hydrogen-bond acceptors (Lipinski definition) is 5. The molecule has 2 fully saturated rings. The van der Waals surface area contributed by atoms with Gasteiger partial charge in [0, 0.05) is 38.5 Å². The van der Waals surface area contributed by atoms with E-state index in [1.807, 2.05) is 98.5 Å². The van der Waals surface area contributed by atoms with Crippen LogP contribution < -0.4 is 4.90 Å². The lowest BCUT2D eigenvalue weighted by atomic mass is 9.73. The van der Waals surface area contributed by atoms with Crippen LogP contribution >= 0.6 is 0 Å². The number of aliphatic hydroxyl groups is 1. The van der Waals surface area contributed by atoms with E-state index < -0.39 is 29.1 Å². The predicted octanol–water partition coefficient (Wildman–Crippen LogP) is 4.72. The van der Waals surface area contributed by atoms with Crippen LogP contribution in [0.3, 0.4) is 0 Å². The van der Waals surface area contributed by atoms with Gasteiger partial charge < -0.3 is 24.5 Å². The van der Waals surface area contributed by atoms with Crippen molar-refractivity contribution < 1.29 is 24.2 Å². The molecule has 0 bridgehead atoms. The Kier molecular flexibility index (Phi) is 8.72. The number of ether oxygens (including phenoxy) is 1. The minimum absolute atomic E-state index is 0.110. The van der Waals surface area contributed by atoms with Gasteiger partial charge in [-0.3, -0.25) is 14.4 Å². The molecule has 4 aliphatic heterocycles. The maximum Gasteiger partial charge on any atom is 0.253 e. The maximum atomic E-state index is 14.9. The number of carbonyl (C=O) groups is 3. The Morgan fingerprint density at radius 1 is 0.822 bits per heavy atom. The lowest BCUT2D eigenvalue weighted by Crippen LogP contribution is -2.56. The first-order valence-corrected chi connectivity index (χ1v) is 16.4. The van der Waals surface area contributed by atoms with E-state index in [1.54, 1.807) is 9.80 Å². The molecule has 3 amide bonds. The number of aryl methyl sites for hydroxylation is 2. The molecule has 8 nitrogen and oxygen atoms in total. The quantitative estimate of drug-likeness (QED) is 0.310. The Balaban J connectivity index is 1.43. The molecule has 2 aromatic carbocycles. The third-order valence-electron chi connectivity index (χ3n) is 10.3. The second-order valence-electron chi connectivity index (χ2n) is 13.0. The zero-order chi connectivity index (χ0) is 31.8. The first-order valence-electron chi connectivity index (χ1n) is 16.4. The normalized spacial score (nSPS) is 29.1. The van der Waals surface area contributed by atoms with E-state index in [-0.39, 0.29) is 24.3 Å². The van der Waals surface area contributed by atoms with Gasteiger partial charge in [0.2, 0.25) is 11.8 Å². The van der Waals surface area contributed by atoms with Crippen molar-refractivity contribution in [2.24, 2.45) is 11.8 Å². The number of aliphatic hydroxyl groups excluding tert-OH is 1. The van der Waals surface area contributed by atoms with Gasteiger partial charge >= 0.3 is 0 Å². The Labute approximate surface area is 266 Å². The summed E-state index contributed by atoms with van der Waals surface area (Å²) < 4.78 is 7.14. The fourth-order valence-electron chi connectivity index (χ4n) is 8.18. The lowest BCUT2D eigenvalue weighted by Gasteiger charge is -2.39. The van der Waals surface area contributed by atoms with Gasteiger partial charge in [0.15, 0.2) is 0 Å². The number of fused-ring (bicyclic) bond motifs is 2. The van der Waals surface area contributed by atoms with Gasteiger partial charge in [-0.2, -0.15) is 0 Å². The average Bonchev–Trinajstić information content (AvgIpc) is 3.32. The monoisotopic (exact) mass is 611 g/mol. The Morgan fingerprint density at radius 2 is 1.53 bits per heavy atom. The molecule has 2 aromatic rings. The fraction of sp³-hybridized carbons (Fsp3) is 0.486. The van der Waals surface area contributed by atoms with Crippen LogP contribution in [0, 0.1) is 25.7 Å². The van der Waals surface area contributed by atoms with Crippen molar-refractivity contribution in [3.63, 3.8) is 0 Å². The molecule has 5 atom stereocenters. The standard InChI is InChI=1S/C37H45N3O5/c1-4-36-19-13-21-38(25-28-17-8-7-9-18-28)33(42)29(36)30-34(43)40(22-10-5-6-11-24-41)32-35(44)39(23-14-20-37(30,32)45-36)31-26(2)15-12-16-27(31)3/h7-9,12-20,29-30,32,41H,4-6,10-11,21-25H2,1-3H3/t29-,30+,32?,36+,37+/m1/s1. The van der Waals surface area contributed by atoms with E-state index in [1.165, 1.54) is 0 Å². The minimum Gasteiger partial charge on any atom is -0.396 e. The summed E-state index contributed by atoms with van der Waals surface area (Å²) in [5, 5.41) is 9.27. The topological polar surface area (TPSA) is 90.4 Å². The van der Waals surface area contributed by atoms with E-state index in [9.17, 15) is 19.5 Å². The van der Waals surface area contributed by atoms with E-state index in [4.69, 9.17) is 4.74 Å². The zero-order valence-electron chi connectivity index (χ0n) is 26.7. The third kappa shape index (κ3) is 5.22. The van der Waals surface area contributed by atoms with Crippen LogP contribution in [0.5, 0.6) is 0 Å². The van der Waals surface area contributed by atoms with Crippen LogP contribution in [0.4, 0.5) is 5.69 Å². The highest BCUT2D eigenvalue weighted by atomic mass is 16.5. The van der Waals surface area contributed by atoms with Gasteiger partial charge in [0.1, 0.15) is 11.6 Å². The van der Waals surface area contributed by atoms with Crippen molar-refractivity contribution in [3.8, 4) is 0 Å². The number of para-hydroxylation sites is 1. The van der Waals surface area contributed by atoms with E-state index in [0.717, 1.165) is 35.2 Å². The number of nitrogens with zero attached hydrogens (tertiary/aromatic N) is 3. The summed E-state index contributed by atoms with van der Waals surface area (Å²) in [7, 11) is 0. The maximum absolute atomic E-state index is 14.9. The molecule has 0 radical (unpaired) electrons. The molecule has 1 spiro atoms. The summed E-state index contributed by atoms with van der Waals surface area (Å²) in [6.07, 6.45) is 11.4. The molecule has 0 aromatic heterocycles. The molecule has 1 unspecified atom stereocenters. The summed E-state index contributed by atoms with van der Waals surface area (Å²) in [5.41, 5.74) is 1.56. The molecule has 8 heteroatoms. The molecule has 4 heterocycles. The van der Waals surface area contributed by atoms with Crippen LogP contribution in [0.15, 0.2) is 72.8 Å². The smallest absolute Gasteiger partial charge is 0.253 e. The molecule has 238 valence electrons. The van der Waals surface area contributed by atoms with Crippen LogP contribution in [0.1, 0.15) is 55.7 Å². The highest BCUT2D eigenvalue weighted by molar-refractivity contribution is 6.06. The lowest BCUT2D eigenvalue weighted by molar-refractivity contribution is -0.150. The molecule has 2 saturated heterocycles. The van der Waals surface area contributed by atoms with Crippen LogP contribution in [-0.4, -0.2) is 76.1 Å². The van der Waals surface area contributed by atoms with E-state index in [0.29, 0.717) is 45.4 Å². The minimum atomic E-state index is -1.28. The number of anilines is 1. The second kappa shape index (κ2) is 12.6. The third-order valence-corrected chi connectivity index (χ3v) is 10.3. The fourth-order valence-corrected chi connectivity index (χ4v) is 8.18. The molecule has 0 saturated carbocycles. The number of amides is 3. The number of carbonyl (C=O) groups excluding carboxylic acids is 3. The molecular formula is C37H45N3O5. The van der Waals surface area contributed by atoms with Crippen molar-refractivity contribution in [2.45, 2.75) is 76.7 Å². The average molecular weight is 612 g/mol. The van der Waals surface area contributed by atoms with Gasteiger partial charge in [-0.15, -0.1) is 0 Å². The largest absolute Gasteiger partial charge is 0.396 e. The van der Waals surface area contributed by atoms with Crippen molar-refractivity contribution in [3.05, 3.63) is 89.5 Å².